The van der Waals surface area contributed by atoms with Crippen LogP contribution in [0.25, 0.3) is 0 Å². The summed E-state index contributed by atoms with van der Waals surface area (Å²) in [6.07, 6.45) is 5.05. The molecule has 0 spiro atoms. The highest BCUT2D eigenvalue weighted by Crippen LogP contribution is 2.28. The van der Waals surface area contributed by atoms with Gasteiger partial charge in [0.25, 0.3) is 5.91 Å². The number of thiazole rings is 1. The molecule has 0 bridgehead atoms. The molecular formula is C13H22N4OS. The van der Waals surface area contributed by atoms with Gasteiger partial charge in [0.1, 0.15) is 10.7 Å². The van der Waals surface area contributed by atoms with Crippen molar-refractivity contribution in [1.82, 2.24) is 9.88 Å². The number of anilines is 2. The first-order valence-corrected chi connectivity index (χ1v) is 7.69. The van der Waals surface area contributed by atoms with Crippen molar-refractivity contribution in [3.8, 4) is 0 Å². The first-order chi connectivity index (χ1) is 9.11. The number of hydrogen-bond acceptors (Lipinski definition) is 5. The van der Waals surface area contributed by atoms with Crippen molar-refractivity contribution < 1.29 is 4.79 Å². The Hall–Kier alpha value is -1.30. The number of rotatable bonds is 5. The van der Waals surface area contributed by atoms with Gasteiger partial charge in [0.15, 0.2) is 5.13 Å². The molecule has 1 heterocycles. The normalized spacial score (nSPS) is 15.7. The fourth-order valence-corrected chi connectivity index (χ4v) is 3.50. The maximum atomic E-state index is 12.4. The lowest BCUT2D eigenvalue weighted by molar-refractivity contribution is 0.0779. The van der Waals surface area contributed by atoms with Crippen molar-refractivity contribution in [2.75, 3.05) is 31.2 Å². The number of carbonyl (C=O) groups excluding carboxylic acids is 1. The zero-order valence-corrected chi connectivity index (χ0v) is 12.4. The summed E-state index contributed by atoms with van der Waals surface area (Å²) in [7, 11) is 1.85. The van der Waals surface area contributed by atoms with Gasteiger partial charge in [0.2, 0.25) is 0 Å². The maximum absolute atomic E-state index is 12.4. The van der Waals surface area contributed by atoms with Crippen molar-refractivity contribution in [2.24, 2.45) is 5.92 Å². The van der Waals surface area contributed by atoms with E-state index in [1.165, 1.54) is 37.0 Å². The Bertz CT molecular complexity index is 440. The van der Waals surface area contributed by atoms with E-state index in [2.05, 4.69) is 10.3 Å². The molecule has 0 saturated heterocycles. The van der Waals surface area contributed by atoms with Crippen LogP contribution in [0.2, 0.25) is 0 Å². The van der Waals surface area contributed by atoms with Gasteiger partial charge >= 0.3 is 0 Å². The lowest BCUT2D eigenvalue weighted by atomic mass is 10.1. The summed E-state index contributed by atoms with van der Waals surface area (Å²) in [5, 5.41) is 3.81. The van der Waals surface area contributed by atoms with Crippen molar-refractivity contribution in [1.29, 1.82) is 0 Å². The quantitative estimate of drug-likeness (QED) is 0.870. The van der Waals surface area contributed by atoms with Crippen LogP contribution in [0.4, 0.5) is 10.9 Å². The fraction of sp³-hybridized carbons (Fsp3) is 0.692. The third-order valence-electron chi connectivity index (χ3n) is 3.53. The average molecular weight is 282 g/mol. The lowest BCUT2D eigenvalue weighted by Crippen LogP contribution is -2.31. The van der Waals surface area contributed by atoms with E-state index in [0.29, 0.717) is 16.6 Å². The summed E-state index contributed by atoms with van der Waals surface area (Å²) < 4.78 is 0. The summed E-state index contributed by atoms with van der Waals surface area (Å²) in [6.45, 7) is 3.59. The molecule has 5 nitrogen and oxygen atoms in total. The molecule has 0 aromatic carbocycles. The van der Waals surface area contributed by atoms with E-state index in [0.717, 1.165) is 18.2 Å². The average Bonchev–Trinajstić information content (AvgIpc) is 2.99. The monoisotopic (exact) mass is 282 g/mol. The summed E-state index contributed by atoms with van der Waals surface area (Å²) in [5.74, 6) is 0.978. The molecule has 1 aromatic heterocycles. The van der Waals surface area contributed by atoms with Gasteiger partial charge in [-0.25, -0.2) is 4.98 Å². The van der Waals surface area contributed by atoms with Crippen molar-refractivity contribution in [2.45, 2.75) is 32.6 Å². The fourth-order valence-electron chi connectivity index (χ4n) is 2.55. The SMILES string of the molecule is CCNc1nc(N)c(C(=O)N(C)CC2CCCC2)s1. The highest BCUT2D eigenvalue weighted by atomic mass is 32.1. The summed E-state index contributed by atoms with van der Waals surface area (Å²) in [6, 6.07) is 0. The van der Waals surface area contributed by atoms with E-state index < -0.39 is 0 Å². The van der Waals surface area contributed by atoms with Gasteiger partial charge in [-0.15, -0.1) is 0 Å². The van der Waals surface area contributed by atoms with Crippen LogP contribution in [-0.2, 0) is 0 Å². The Kier molecular flexibility index (Phi) is 4.63. The van der Waals surface area contributed by atoms with Crippen molar-refractivity contribution in [3.05, 3.63) is 4.88 Å². The van der Waals surface area contributed by atoms with Gasteiger partial charge in [-0.2, -0.15) is 0 Å². The molecule has 2 rings (SSSR count). The summed E-state index contributed by atoms with van der Waals surface area (Å²) in [5.41, 5.74) is 5.83. The minimum absolute atomic E-state index is 0.00828. The zero-order valence-electron chi connectivity index (χ0n) is 11.6. The summed E-state index contributed by atoms with van der Waals surface area (Å²) >= 11 is 1.34. The Balaban J connectivity index is 2.01. The number of amides is 1. The second kappa shape index (κ2) is 6.23. The standard InChI is InChI=1S/C13H22N4OS/c1-3-15-13-16-11(14)10(19-13)12(18)17(2)8-9-6-4-5-7-9/h9H,3-8,14H2,1-2H3,(H,15,16). The van der Waals surface area contributed by atoms with Crippen LogP contribution >= 0.6 is 11.3 Å². The Morgan fingerprint density at radius 3 is 2.84 bits per heavy atom. The molecule has 3 N–H and O–H groups in total. The number of hydrogen-bond donors (Lipinski definition) is 2. The van der Waals surface area contributed by atoms with Crippen molar-refractivity contribution in [3.63, 3.8) is 0 Å². The largest absolute Gasteiger partial charge is 0.382 e. The zero-order chi connectivity index (χ0) is 13.8. The molecule has 1 aliphatic carbocycles. The number of nitrogens with zero attached hydrogens (tertiary/aromatic N) is 2. The molecule has 106 valence electrons. The highest BCUT2D eigenvalue weighted by molar-refractivity contribution is 7.18. The molecule has 0 radical (unpaired) electrons. The number of aromatic nitrogens is 1. The molecule has 1 aromatic rings. The van der Waals surface area contributed by atoms with Gasteiger partial charge in [-0.05, 0) is 25.7 Å². The van der Waals surface area contributed by atoms with Gasteiger partial charge in [-0.1, -0.05) is 24.2 Å². The van der Waals surface area contributed by atoms with Crippen LogP contribution in [0.15, 0.2) is 0 Å². The molecule has 1 fully saturated rings. The second-order valence-corrected chi connectivity index (χ2v) is 6.10. The lowest BCUT2D eigenvalue weighted by Gasteiger charge is -2.20. The molecule has 0 atom stereocenters. The van der Waals surface area contributed by atoms with E-state index in [4.69, 9.17) is 5.73 Å². The third kappa shape index (κ3) is 3.37. The molecule has 0 aliphatic heterocycles. The molecule has 0 unspecified atom stereocenters. The first kappa shape index (κ1) is 14.1. The highest BCUT2D eigenvalue weighted by Gasteiger charge is 2.23. The number of nitrogen functional groups attached to an aromatic ring is 1. The van der Waals surface area contributed by atoms with Gasteiger partial charge in [-0.3, -0.25) is 4.79 Å². The second-order valence-electron chi connectivity index (χ2n) is 5.10. The van der Waals surface area contributed by atoms with E-state index in [1.807, 2.05) is 14.0 Å². The molecular weight excluding hydrogens is 260 g/mol. The van der Waals surface area contributed by atoms with Gasteiger partial charge in [0, 0.05) is 20.1 Å². The predicted octanol–water partition coefficient (Wildman–Crippen LogP) is 2.42. The number of nitrogens with two attached hydrogens (primary N) is 1. The smallest absolute Gasteiger partial charge is 0.267 e. The molecule has 1 aliphatic rings. The molecule has 19 heavy (non-hydrogen) atoms. The van der Waals surface area contributed by atoms with Crippen LogP contribution < -0.4 is 11.1 Å². The van der Waals surface area contributed by atoms with Crippen LogP contribution in [-0.4, -0.2) is 35.9 Å². The molecule has 6 heteroatoms. The van der Waals surface area contributed by atoms with E-state index in [1.54, 1.807) is 4.90 Å². The van der Waals surface area contributed by atoms with Crippen LogP contribution in [0.3, 0.4) is 0 Å². The number of carbonyl (C=O) groups is 1. The maximum Gasteiger partial charge on any atom is 0.267 e. The molecule has 1 saturated carbocycles. The Morgan fingerprint density at radius 1 is 1.53 bits per heavy atom. The minimum atomic E-state index is -0.00828. The topological polar surface area (TPSA) is 71.2 Å². The Labute approximate surface area is 118 Å². The van der Waals surface area contributed by atoms with E-state index in [-0.39, 0.29) is 5.91 Å². The van der Waals surface area contributed by atoms with Gasteiger partial charge < -0.3 is 16.0 Å². The number of nitrogens with one attached hydrogen (secondary N) is 1. The van der Waals surface area contributed by atoms with E-state index >= 15 is 0 Å². The first-order valence-electron chi connectivity index (χ1n) is 6.87. The van der Waals surface area contributed by atoms with Crippen LogP contribution in [0.5, 0.6) is 0 Å². The van der Waals surface area contributed by atoms with Crippen LogP contribution in [0.1, 0.15) is 42.3 Å². The van der Waals surface area contributed by atoms with E-state index in [9.17, 15) is 4.79 Å². The summed E-state index contributed by atoms with van der Waals surface area (Å²) in [4.78, 5) is 18.9. The Morgan fingerprint density at radius 2 is 2.21 bits per heavy atom. The van der Waals surface area contributed by atoms with Gasteiger partial charge in [0.05, 0.1) is 0 Å². The predicted molar refractivity (Wildman–Crippen MR) is 79.6 cm³/mol. The third-order valence-corrected chi connectivity index (χ3v) is 4.55. The molecule has 1 amide bonds. The van der Waals surface area contributed by atoms with Crippen molar-refractivity contribution >= 4 is 28.2 Å². The minimum Gasteiger partial charge on any atom is -0.382 e. The van der Waals surface area contributed by atoms with Crippen LogP contribution in [0, 0.1) is 5.92 Å².